The van der Waals surface area contributed by atoms with Crippen LogP contribution < -0.4 is 5.32 Å². The van der Waals surface area contributed by atoms with Crippen molar-refractivity contribution in [1.29, 1.82) is 0 Å². The van der Waals surface area contributed by atoms with Gasteiger partial charge in [-0.25, -0.2) is 0 Å². The van der Waals surface area contributed by atoms with E-state index in [1.807, 2.05) is 0 Å². The molecule has 0 aromatic carbocycles. The fourth-order valence-corrected chi connectivity index (χ4v) is 2.65. The molecular weight excluding hydrogens is 274 g/mol. The van der Waals surface area contributed by atoms with Gasteiger partial charge < -0.3 is 20.5 Å². The monoisotopic (exact) mass is 293 g/mol. The molecule has 0 atom stereocenters. The number of nitro groups is 1. The standard InChI is InChI=1S/C14H19N3O4/c1-10-4-6-14(7-5-10,13(18)19)9-16-11-2-3-12(15-8-11)17(20)21/h2-3,8,10,16H,4-7,9H2,1H3,(H,18,19). The lowest BCUT2D eigenvalue weighted by Gasteiger charge is -2.36. The molecule has 0 bridgehead atoms. The number of aromatic nitrogens is 1. The van der Waals surface area contributed by atoms with Crippen LogP contribution in [0.3, 0.4) is 0 Å². The number of hydrogen-bond donors (Lipinski definition) is 2. The number of carboxylic acids is 1. The molecule has 7 heteroatoms. The van der Waals surface area contributed by atoms with Crippen LogP contribution in [0.25, 0.3) is 0 Å². The summed E-state index contributed by atoms with van der Waals surface area (Å²) in [6.07, 6.45) is 4.48. The van der Waals surface area contributed by atoms with Crippen molar-refractivity contribution in [3.05, 3.63) is 28.4 Å². The number of rotatable bonds is 5. The second-order valence-electron chi connectivity index (χ2n) is 5.78. The van der Waals surface area contributed by atoms with E-state index in [4.69, 9.17) is 0 Å². The molecule has 1 aromatic rings. The molecular formula is C14H19N3O4. The molecule has 114 valence electrons. The van der Waals surface area contributed by atoms with E-state index in [1.165, 1.54) is 12.3 Å². The number of anilines is 1. The van der Waals surface area contributed by atoms with E-state index in [1.54, 1.807) is 6.07 Å². The Morgan fingerprint density at radius 1 is 1.52 bits per heavy atom. The zero-order valence-electron chi connectivity index (χ0n) is 11.9. The number of nitrogens with one attached hydrogen (secondary N) is 1. The minimum atomic E-state index is -0.781. The van der Waals surface area contributed by atoms with Crippen LogP contribution in [0.4, 0.5) is 11.5 Å². The molecule has 1 aliphatic rings. The average molecular weight is 293 g/mol. The van der Waals surface area contributed by atoms with Crippen molar-refractivity contribution in [2.45, 2.75) is 32.6 Å². The summed E-state index contributed by atoms with van der Waals surface area (Å²) in [6, 6.07) is 2.85. The number of carbonyl (C=O) groups is 1. The van der Waals surface area contributed by atoms with Crippen molar-refractivity contribution in [3.8, 4) is 0 Å². The molecule has 21 heavy (non-hydrogen) atoms. The van der Waals surface area contributed by atoms with Gasteiger partial charge in [-0.2, -0.15) is 0 Å². The molecule has 0 radical (unpaired) electrons. The first-order valence-corrected chi connectivity index (χ1v) is 7.01. The Bertz CT molecular complexity index is 522. The number of hydrogen-bond acceptors (Lipinski definition) is 5. The molecule has 1 heterocycles. The fraction of sp³-hybridized carbons (Fsp3) is 0.571. The SMILES string of the molecule is CC1CCC(CNc2ccc([N+](=O)[O-])nc2)(C(=O)O)CC1. The molecule has 2 rings (SSSR count). The maximum absolute atomic E-state index is 11.6. The molecule has 1 fully saturated rings. The third-order valence-corrected chi connectivity index (χ3v) is 4.25. The van der Waals surface area contributed by atoms with Gasteiger partial charge in [0.1, 0.15) is 0 Å². The van der Waals surface area contributed by atoms with Crippen molar-refractivity contribution in [2.24, 2.45) is 11.3 Å². The van der Waals surface area contributed by atoms with Crippen molar-refractivity contribution in [1.82, 2.24) is 4.98 Å². The molecule has 7 nitrogen and oxygen atoms in total. The van der Waals surface area contributed by atoms with E-state index < -0.39 is 16.3 Å². The van der Waals surface area contributed by atoms with Crippen molar-refractivity contribution in [3.63, 3.8) is 0 Å². The number of aliphatic carboxylic acids is 1. The van der Waals surface area contributed by atoms with E-state index in [2.05, 4.69) is 17.2 Å². The Morgan fingerprint density at radius 2 is 2.19 bits per heavy atom. The lowest BCUT2D eigenvalue weighted by molar-refractivity contribution is -0.389. The molecule has 0 amide bonds. The first-order valence-electron chi connectivity index (χ1n) is 7.01. The highest BCUT2D eigenvalue weighted by atomic mass is 16.6. The molecule has 1 aliphatic carbocycles. The summed E-state index contributed by atoms with van der Waals surface area (Å²) in [4.78, 5) is 25.3. The van der Waals surface area contributed by atoms with E-state index in [-0.39, 0.29) is 5.82 Å². The molecule has 1 saturated carbocycles. The van der Waals surface area contributed by atoms with Gasteiger partial charge >= 0.3 is 11.8 Å². The summed E-state index contributed by atoms with van der Waals surface area (Å²) < 4.78 is 0. The first kappa shape index (κ1) is 15.2. The minimum absolute atomic E-state index is 0.222. The normalized spacial score (nSPS) is 25.3. The van der Waals surface area contributed by atoms with Crippen molar-refractivity contribution in [2.75, 3.05) is 11.9 Å². The van der Waals surface area contributed by atoms with Gasteiger partial charge in [-0.1, -0.05) is 6.92 Å². The Kier molecular flexibility index (Phi) is 4.40. The predicted molar refractivity (Wildman–Crippen MR) is 77.1 cm³/mol. The van der Waals surface area contributed by atoms with Crippen LogP contribution in [0.15, 0.2) is 18.3 Å². The second-order valence-corrected chi connectivity index (χ2v) is 5.78. The summed E-state index contributed by atoms with van der Waals surface area (Å²) in [5, 5.41) is 23.1. The van der Waals surface area contributed by atoms with Crippen LogP contribution in [0.5, 0.6) is 0 Å². The van der Waals surface area contributed by atoms with Gasteiger partial charge in [0.15, 0.2) is 6.20 Å². The number of pyridine rings is 1. The predicted octanol–water partition coefficient (Wildman–Crippen LogP) is 2.68. The Balaban J connectivity index is 2.02. The average Bonchev–Trinajstić information content (AvgIpc) is 2.47. The van der Waals surface area contributed by atoms with Crippen LogP contribution in [-0.2, 0) is 4.79 Å². The van der Waals surface area contributed by atoms with Gasteiger partial charge in [-0.15, -0.1) is 0 Å². The summed E-state index contributed by atoms with van der Waals surface area (Å²) in [6.45, 7) is 2.45. The highest BCUT2D eigenvalue weighted by molar-refractivity contribution is 5.75. The van der Waals surface area contributed by atoms with Crippen LogP contribution in [0.2, 0.25) is 0 Å². The molecule has 0 unspecified atom stereocenters. The molecule has 1 aromatic heterocycles. The minimum Gasteiger partial charge on any atom is -0.481 e. The molecule has 0 aliphatic heterocycles. The summed E-state index contributed by atoms with van der Waals surface area (Å²) in [5.74, 6) is -0.435. The topological polar surface area (TPSA) is 105 Å². The Labute approximate surface area is 122 Å². The third kappa shape index (κ3) is 3.48. The highest BCUT2D eigenvalue weighted by Crippen LogP contribution is 2.39. The lowest BCUT2D eigenvalue weighted by atomic mass is 9.71. The van der Waals surface area contributed by atoms with E-state index in [0.717, 1.165) is 12.8 Å². The van der Waals surface area contributed by atoms with Gasteiger partial charge in [-0.05, 0) is 47.6 Å². The maximum atomic E-state index is 11.6. The largest absolute Gasteiger partial charge is 0.481 e. The van der Waals surface area contributed by atoms with Gasteiger partial charge in [0.2, 0.25) is 0 Å². The smallest absolute Gasteiger partial charge is 0.363 e. The number of carboxylic acid groups (broad SMARTS) is 1. The number of nitrogens with zero attached hydrogens (tertiary/aromatic N) is 2. The van der Waals surface area contributed by atoms with E-state index >= 15 is 0 Å². The van der Waals surface area contributed by atoms with E-state index in [0.29, 0.717) is 31.0 Å². The summed E-state index contributed by atoms with van der Waals surface area (Å²) in [5.41, 5.74) is -0.159. The molecule has 0 spiro atoms. The quantitative estimate of drug-likeness (QED) is 0.638. The summed E-state index contributed by atoms with van der Waals surface area (Å²) in [7, 11) is 0. The van der Waals surface area contributed by atoms with Crippen LogP contribution in [0.1, 0.15) is 32.6 Å². The zero-order chi connectivity index (χ0) is 15.5. The Morgan fingerprint density at radius 3 is 2.67 bits per heavy atom. The maximum Gasteiger partial charge on any atom is 0.363 e. The van der Waals surface area contributed by atoms with Crippen LogP contribution >= 0.6 is 0 Å². The Hall–Kier alpha value is -2.18. The zero-order valence-corrected chi connectivity index (χ0v) is 11.9. The van der Waals surface area contributed by atoms with Gasteiger partial charge in [0.25, 0.3) is 0 Å². The van der Waals surface area contributed by atoms with Crippen LogP contribution in [-0.4, -0.2) is 27.5 Å². The molecule has 2 N–H and O–H groups in total. The first-order chi connectivity index (χ1) is 9.93. The lowest BCUT2D eigenvalue weighted by Crippen LogP contribution is -2.41. The second kappa shape index (κ2) is 6.07. The fourth-order valence-electron chi connectivity index (χ4n) is 2.65. The molecule has 0 saturated heterocycles. The van der Waals surface area contributed by atoms with Crippen molar-refractivity contribution < 1.29 is 14.8 Å². The van der Waals surface area contributed by atoms with Gasteiger partial charge in [0, 0.05) is 12.6 Å². The summed E-state index contributed by atoms with van der Waals surface area (Å²) >= 11 is 0. The van der Waals surface area contributed by atoms with Crippen molar-refractivity contribution >= 4 is 17.5 Å². The third-order valence-electron chi connectivity index (χ3n) is 4.25. The van der Waals surface area contributed by atoms with Gasteiger partial charge in [0.05, 0.1) is 11.1 Å². The highest BCUT2D eigenvalue weighted by Gasteiger charge is 2.41. The van der Waals surface area contributed by atoms with Gasteiger partial charge in [-0.3, -0.25) is 4.79 Å². The van der Waals surface area contributed by atoms with E-state index in [9.17, 15) is 20.0 Å². The van der Waals surface area contributed by atoms with Crippen LogP contribution in [0, 0.1) is 21.4 Å².